The monoisotopic (exact) mass is 485 g/mol. The molecule has 0 aliphatic carbocycles. The van der Waals surface area contributed by atoms with Crippen LogP contribution in [-0.4, -0.2) is 65.5 Å². The van der Waals surface area contributed by atoms with Gasteiger partial charge < -0.3 is 25.2 Å². The van der Waals surface area contributed by atoms with Gasteiger partial charge in [0.05, 0.1) is 30.8 Å². The van der Waals surface area contributed by atoms with Crippen LogP contribution in [0.4, 0.5) is 9.18 Å². The lowest BCUT2D eigenvalue weighted by atomic mass is 9.63. The molecular weight excluding hydrogens is 453 g/mol. The van der Waals surface area contributed by atoms with Gasteiger partial charge in [-0.3, -0.25) is 9.78 Å². The van der Waals surface area contributed by atoms with Gasteiger partial charge in [0, 0.05) is 31.2 Å². The van der Waals surface area contributed by atoms with E-state index in [4.69, 9.17) is 4.74 Å². The van der Waals surface area contributed by atoms with Crippen molar-refractivity contribution in [3.63, 3.8) is 0 Å². The molecule has 4 heterocycles. The quantitative estimate of drug-likeness (QED) is 0.474. The van der Waals surface area contributed by atoms with E-state index < -0.39 is 23.3 Å². The van der Waals surface area contributed by atoms with Crippen molar-refractivity contribution >= 4 is 17.9 Å². The number of carbonyl (C=O) groups is 3. The number of allylic oxidation sites excluding steroid dienone is 2. The smallest absolute Gasteiger partial charge is 0.328 e. The molecule has 4 rings (SSSR count). The molecule has 188 valence electrons. The van der Waals surface area contributed by atoms with E-state index in [0.717, 1.165) is 5.69 Å². The molecule has 2 fully saturated rings. The molecule has 0 aromatic carbocycles. The highest BCUT2D eigenvalue weighted by molar-refractivity contribution is 5.93. The summed E-state index contributed by atoms with van der Waals surface area (Å²) in [5.41, 5.74) is 0.580. The molecule has 3 unspecified atom stereocenters. The number of carbonyl (C=O) groups excluding carboxylic acids is 3. The van der Waals surface area contributed by atoms with Crippen molar-refractivity contribution in [1.29, 1.82) is 0 Å². The zero-order chi connectivity index (χ0) is 25.2. The summed E-state index contributed by atoms with van der Waals surface area (Å²) in [6.07, 6.45) is 5.94. The highest BCUT2D eigenvalue weighted by Gasteiger charge is 2.63. The molecule has 9 nitrogen and oxygen atoms in total. The number of urea groups is 1. The van der Waals surface area contributed by atoms with Gasteiger partial charge in [-0.05, 0) is 37.0 Å². The average Bonchev–Trinajstić information content (AvgIpc) is 2.89. The van der Waals surface area contributed by atoms with Crippen molar-refractivity contribution in [3.8, 4) is 0 Å². The number of nitrogens with one attached hydrogen (secondary N) is 2. The number of nitrogens with zero attached hydrogens (tertiary/aromatic N) is 3. The van der Waals surface area contributed by atoms with E-state index in [1.54, 1.807) is 16.0 Å². The fraction of sp³-hybridized carbons (Fsp3) is 0.520. The number of amides is 3. The number of dihydropyridines is 1. The van der Waals surface area contributed by atoms with Crippen molar-refractivity contribution < 1.29 is 23.5 Å². The zero-order valence-electron chi connectivity index (χ0n) is 20.3. The Hall–Kier alpha value is -3.43. The molecule has 3 aliphatic rings. The number of hydrogen-bond donors (Lipinski definition) is 2. The van der Waals surface area contributed by atoms with Crippen molar-refractivity contribution in [2.24, 2.45) is 11.3 Å². The number of β-lactam (4-membered cyclic amide) rings is 1. The Bertz CT molecular complexity index is 1040. The minimum Gasteiger partial charge on any atom is -0.467 e. The van der Waals surface area contributed by atoms with Gasteiger partial charge in [-0.2, -0.15) is 0 Å². The van der Waals surface area contributed by atoms with Crippen molar-refractivity contribution in [3.05, 3.63) is 53.9 Å². The summed E-state index contributed by atoms with van der Waals surface area (Å²) in [7, 11) is 1.30. The van der Waals surface area contributed by atoms with Gasteiger partial charge in [-0.25, -0.2) is 14.0 Å². The van der Waals surface area contributed by atoms with Gasteiger partial charge in [-0.1, -0.05) is 26.3 Å². The van der Waals surface area contributed by atoms with Crippen LogP contribution < -0.4 is 10.6 Å². The Balaban J connectivity index is 1.51. The summed E-state index contributed by atoms with van der Waals surface area (Å²) in [6, 6.07) is 4.14. The Morgan fingerprint density at radius 3 is 2.69 bits per heavy atom. The van der Waals surface area contributed by atoms with Crippen LogP contribution in [0.25, 0.3) is 0 Å². The molecule has 1 spiro atoms. The van der Waals surface area contributed by atoms with Crippen LogP contribution in [0.1, 0.15) is 44.8 Å². The fourth-order valence-corrected chi connectivity index (χ4v) is 5.18. The van der Waals surface area contributed by atoms with E-state index in [2.05, 4.69) is 15.6 Å². The maximum absolute atomic E-state index is 13.9. The molecule has 3 amide bonds. The van der Waals surface area contributed by atoms with E-state index in [1.165, 1.54) is 19.4 Å². The van der Waals surface area contributed by atoms with Crippen LogP contribution in [-0.2, 0) is 14.3 Å². The highest BCUT2D eigenvalue weighted by atomic mass is 19.1. The number of rotatable bonds is 6. The molecule has 2 saturated heterocycles. The summed E-state index contributed by atoms with van der Waals surface area (Å²) in [5.74, 6) is -1.07. The van der Waals surface area contributed by atoms with Crippen molar-refractivity contribution in [2.75, 3.05) is 26.7 Å². The van der Waals surface area contributed by atoms with Crippen LogP contribution >= 0.6 is 0 Å². The van der Waals surface area contributed by atoms with E-state index >= 15 is 0 Å². The van der Waals surface area contributed by atoms with Crippen LogP contribution in [0.15, 0.2) is 48.2 Å². The molecule has 10 heteroatoms. The maximum Gasteiger partial charge on any atom is 0.328 e. The number of pyridine rings is 1. The first-order chi connectivity index (χ1) is 16.8. The topological polar surface area (TPSA) is 104 Å². The van der Waals surface area contributed by atoms with E-state index in [0.29, 0.717) is 44.6 Å². The molecule has 1 aromatic heterocycles. The fourth-order valence-electron chi connectivity index (χ4n) is 5.18. The van der Waals surface area contributed by atoms with Gasteiger partial charge in [0.15, 0.2) is 0 Å². The molecule has 3 atom stereocenters. The second-order valence-electron chi connectivity index (χ2n) is 9.36. The van der Waals surface area contributed by atoms with Gasteiger partial charge in [-0.15, -0.1) is 0 Å². The van der Waals surface area contributed by atoms with Crippen LogP contribution in [0.5, 0.6) is 0 Å². The van der Waals surface area contributed by atoms with Crippen LogP contribution in [0.2, 0.25) is 0 Å². The third kappa shape index (κ3) is 4.49. The van der Waals surface area contributed by atoms with E-state index in [1.807, 2.05) is 32.0 Å². The highest BCUT2D eigenvalue weighted by Crippen LogP contribution is 2.57. The number of esters is 1. The number of piperidine rings is 1. The molecule has 35 heavy (non-hydrogen) atoms. The van der Waals surface area contributed by atoms with Gasteiger partial charge >= 0.3 is 12.0 Å². The third-order valence-electron chi connectivity index (χ3n) is 7.42. The van der Waals surface area contributed by atoms with Crippen molar-refractivity contribution in [1.82, 2.24) is 25.4 Å². The summed E-state index contributed by atoms with van der Waals surface area (Å²) in [4.78, 5) is 46.5. The Morgan fingerprint density at radius 2 is 2.09 bits per heavy atom. The molecule has 1 aromatic rings. The number of ether oxygens (including phenoxy) is 1. The second-order valence-corrected chi connectivity index (χ2v) is 9.36. The molecule has 0 bridgehead atoms. The van der Waals surface area contributed by atoms with Gasteiger partial charge in [0.1, 0.15) is 11.9 Å². The van der Waals surface area contributed by atoms with E-state index in [-0.39, 0.29) is 23.9 Å². The Morgan fingerprint density at radius 1 is 1.34 bits per heavy atom. The number of methoxy groups -OCH3 is 1. The summed E-state index contributed by atoms with van der Waals surface area (Å²) in [5, 5.41) is 5.68. The number of likely N-dealkylation sites (tertiary alicyclic amines) is 2. The predicted octanol–water partition coefficient (Wildman–Crippen LogP) is 2.64. The Labute approximate surface area is 204 Å². The molecular formula is C25H32FN5O4. The predicted molar refractivity (Wildman–Crippen MR) is 126 cm³/mol. The number of hydrogen-bond acceptors (Lipinski definition) is 6. The molecule has 0 saturated carbocycles. The minimum atomic E-state index is -0.732. The van der Waals surface area contributed by atoms with E-state index in [9.17, 15) is 18.8 Å². The number of aromatic nitrogens is 1. The minimum absolute atomic E-state index is 0.0790. The first kappa shape index (κ1) is 24.7. The first-order valence-corrected chi connectivity index (χ1v) is 12.0. The first-order valence-electron chi connectivity index (χ1n) is 12.0. The van der Waals surface area contributed by atoms with Gasteiger partial charge in [0.2, 0.25) is 5.91 Å². The van der Waals surface area contributed by atoms with Crippen LogP contribution in [0.3, 0.4) is 0 Å². The zero-order valence-corrected chi connectivity index (χ0v) is 20.3. The van der Waals surface area contributed by atoms with Crippen LogP contribution in [0, 0.1) is 11.3 Å². The lowest BCUT2D eigenvalue weighted by molar-refractivity contribution is -0.175. The normalized spacial score (nSPS) is 22.9. The average molecular weight is 486 g/mol. The SMILES string of the molecule is CCC(C)C(NC(=O)N1CCC2(CC1)C(=O)N(C1=CC(F)=CNC1)C2c1ccccn1)C(=O)OC. The second kappa shape index (κ2) is 10.1. The number of halogens is 1. The lowest BCUT2D eigenvalue weighted by Gasteiger charge is -2.59. The Kier molecular flexibility index (Phi) is 7.09. The van der Waals surface area contributed by atoms with Crippen molar-refractivity contribution in [2.45, 2.75) is 45.2 Å². The maximum atomic E-state index is 13.9. The standard InChI is InChI=1S/C25H32FN5O4/c1-4-16(2)20(22(32)35-3)29-24(34)30-11-8-25(9-12-30)21(19-7-5-6-10-28-19)31(23(25)33)18-13-17(26)14-27-15-18/h5-7,10,13-14,16,20-21,27H,4,8-9,11-12,15H2,1-3H3,(H,29,34). The largest absolute Gasteiger partial charge is 0.467 e. The summed E-state index contributed by atoms with van der Waals surface area (Å²) in [6.45, 7) is 4.89. The molecule has 3 aliphatic heterocycles. The third-order valence-corrected chi connectivity index (χ3v) is 7.42. The molecule has 0 radical (unpaired) electrons. The molecule has 2 N–H and O–H groups in total. The summed E-state index contributed by atoms with van der Waals surface area (Å²) >= 11 is 0. The summed E-state index contributed by atoms with van der Waals surface area (Å²) < 4.78 is 18.8. The lowest BCUT2D eigenvalue weighted by Crippen LogP contribution is -2.67. The van der Waals surface area contributed by atoms with Gasteiger partial charge in [0.25, 0.3) is 0 Å².